The summed E-state index contributed by atoms with van der Waals surface area (Å²) < 4.78 is 214. The fraction of sp³-hybridized carbons (Fsp3) is 0.391. The minimum Gasteiger partial charge on any atom is -0.492 e. The molecule has 816 valence electrons. The summed E-state index contributed by atoms with van der Waals surface area (Å²) in [5, 5.41) is 45.0. The first-order valence-electron chi connectivity index (χ1n) is 45.3. The lowest BCUT2D eigenvalue weighted by molar-refractivity contribution is -0.139. The number of carboxylic acids is 2. The summed E-state index contributed by atoms with van der Waals surface area (Å²) >= 11 is 0. The second-order valence-corrected chi connectivity index (χ2v) is 48.1. The highest BCUT2D eigenvalue weighted by molar-refractivity contribution is 7.91. The third kappa shape index (κ3) is 34.3. The van der Waals surface area contributed by atoms with Crippen molar-refractivity contribution < 1.29 is 131 Å². The first-order chi connectivity index (χ1) is 69.7. The lowest BCUT2D eigenvalue weighted by Gasteiger charge is -2.27. The van der Waals surface area contributed by atoms with E-state index in [0.717, 1.165) is 6.42 Å². The number of aliphatic hydroxyl groups excluding tert-OH is 1. The largest absolute Gasteiger partial charge is 0.492 e. The van der Waals surface area contributed by atoms with Gasteiger partial charge in [0.05, 0.1) is 103 Å². The Labute approximate surface area is 868 Å². The van der Waals surface area contributed by atoms with E-state index in [0.29, 0.717) is 125 Å². The molecule has 0 radical (unpaired) electrons. The molecule has 6 amide bonds. The molecule has 7 aliphatic heterocycles. The van der Waals surface area contributed by atoms with Crippen molar-refractivity contribution in [2.24, 2.45) is 87.2 Å². The van der Waals surface area contributed by atoms with Crippen LogP contribution in [0.5, 0.6) is 28.7 Å². The molecule has 14 rings (SSSR count). The van der Waals surface area contributed by atoms with Crippen molar-refractivity contribution in [1.29, 1.82) is 0 Å². The van der Waals surface area contributed by atoms with Gasteiger partial charge < -0.3 is 121 Å². The number of anilines is 2. The van der Waals surface area contributed by atoms with Gasteiger partial charge in [0.1, 0.15) is 103 Å². The van der Waals surface area contributed by atoms with Gasteiger partial charge in [0, 0.05) is 63.3 Å². The molecule has 0 saturated carbocycles. The number of rotatable bonds is 30. The normalized spacial score (nSPS) is 16.2. The number of sulfonamides is 7. The number of urea groups is 1. The van der Waals surface area contributed by atoms with E-state index in [1.165, 1.54) is 11.0 Å². The molecular formula is C92H122N22O29S7. The number of likely N-dealkylation sites (N-methyl/N-ethyl adjacent to an activating group) is 1. The average Bonchev–Trinajstić information content (AvgIpc) is 0.757. The Morgan fingerprint density at radius 1 is 0.353 bits per heavy atom. The van der Waals surface area contributed by atoms with E-state index in [4.69, 9.17) is 79.1 Å². The number of carbonyl (C=O) groups excluding carboxylic acids is 5. The van der Waals surface area contributed by atoms with Crippen LogP contribution in [0, 0.1) is 16.2 Å². The fourth-order valence-electron chi connectivity index (χ4n) is 14.5. The lowest BCUT2D eigenvalue weighted by atomic mass is 9.93. The molecular weight excluding hydrogens is 2100 g/mol. The van der Waals surface area contributed by atoms with Crippen LogP contribution in [0.15, 0.2) is 158 Å². The summed E-state index contributed by atoms with van der Waals surface area (Å²) in [6, 6.07) is 34.6. The van der Waals surface area contributed by atoms with Crippen molar-refractivity contribution in [1.82, 2.24) is 31.5 Å². The summed E-state index contributed by atoms with van der Waals surface area (Å²) in [5.74, 6) is -3.14. The second kappa shape index (κ2) is 50.0. The zero-order chi connectivity index (χ0) is 112. The van der Waals surface area contributed by atoms with Crippen molar-refractivity contribution in [3.63, 3.8) is 0 Å². The smallest absolute Gasteiger partial charge is 0.341 e. The number of carbonyl (C=O) groups is 7. The van der Waals surface area contributed by atoms with Gasteiger partial charge >= 0.3 is 18.0 Å². The molecule has 0 spiro atoms. The van der Waals surface area contributed by atoms with Gasteiger partial charge in [-0.1, -0.05) is 91.9 Å². The van der Waals surface area contributed by atoms with E-state index in [1.807, 2.05) is 27.7 Å². The van der Waals surface area contributed by atoms with Crippen LogP contribution in [-0.4, -0.2) is 261 Å². The van der Waals surface area contributed by atoms with Gasteiger partial charge in [-0.2, -0.15) is 0 Å². The number of ether oxygens (including phenoxy) is 5. The van der Waals surface area contributed by atoms with E-state index in [9.17, 15) is 92.5 Å². The lowest BCUT2D eigenvalue weighted by Crippen LogP contribution is -2.51. The average molecular weight is 2220 g/mol. The number of amidine groups is 7. The number of aliphatic hydroxyl groups is 1. The van der Waals surface area contributed by atoms with Gasteiger partial charge in [-0.3, -0.25) is 24.0 Å². The van der Waals surface area contributed by atoms with Crippen molar-refractivity contribution in [3.05, 3.63) is 205 Å². The van der Waals surface area contributed by atoms with Gasteiger partial charge in [0.2, 0.25) is 23.6 Å². The molecule has 0 atom stereocenters. The van der Waals surface area contributed by atoms with Gasteiger partial charge in [-0.15, -0.1) is 30.8 Å². The monoisotopic (exact) mass is 2220 g/mol. The van der Waals surface area contributed by atoms with Crippen LogP contribution >= 0.6 is 0 Å². The minimum absolute atomic E-state index is 0.0494. The molecule has 24 N–H and O–H groups in total. The molecule has 7 aliphatic rings. The van der Waals surface area contributed by atoms with Crippen molar-refractivity contribution in [2.45, 2.75) is 121 Å². The van der Waals surface area contributed by atoms with Crippen molar-refractivity contribution in [2.75, 3.05) is 104 Å². The van der Waals surface area contributed by atoms with Crippen LogP contribution in [0.2, 0.25) is 0 Å². The molecule has 0 bridgehead atoms. The maximum atomic E-state index is 12.2. The van der Waals surface area contributed by atoms with Gasteiger partial charge in [-0.05, 0) is 150 Å². The second-order valence-electron chi connectivity index (χ2n) is 36.6. The third-order valence-corrected chi connectivity index (χ3v) is 29.6. The zero-order valence-electron chi connectivity index (χ0n) is 84.0. The Bertz CT molecular complexity index is 7200. The molecule has 7 aromatic rings. The van der Waals surface area contributed by atoms with Crippen LogP contribution in [0.1, 0.15) is 154 Å². The summed E-state index contributed by atoms with van der Waals surface area (Å²) in [7, 11) is -20.2. The molecule has 58 heteroatoms. The number of carboxylic acid groups (broad SMARTS) is 2. The number of hydrogen-bond donors (Lipinski definition) is 17. The highest BCUT2D eigenvalue weighted by Gasteiger charge is 2.38. The molecule has 150 heavy (non-hydrogen) atoms. The number of hydrogen-bond acceptors (Lipinski definition) is 36. The van der Waals surface area contributed by atoms with Crippen LogP contribution in [-0.2, 0) is 139 Å². The summed E-state index contributed by atoms with van der Waals surface area (Å²) in [5.41, 5.74) is 45.1. The summed E-state index contributed by atoms with van der Waals surface area (Å²) in [6.07, 6.45) is 0.857. The van der Waals surface area contributed by atoms with Crippen LogP contribution in [0.25, 0.3) is 0 Å². The van der Waals surface area contributed by atoms with Gasteiger partial charge in [0.15, 0.2) is 6.61 Å². The molecule has 7 aromatic carbocycles. The van der Waals surface area contributed by atoms with Crippen LogP contribution in [0.3, 0.4) is 0 Å². The predicted octanol–water partition coefficient (Wildman–Crippen LogP) is 1.18. The Morgan fingerprint density at radius 3 is 0.880 bits per heavy atom. The van der Waals surface area contributed by atoms with E-state index in [-0.39, 0.29) is 169 Å². The van der Waals surface area contributed by atoms with Crippen LogP contribution < -0.4 is 101 Å². The molecule has 7 heterocycles. The number of nitrogens with two attached hydrogens (primary N) is 7. The Hall–Kier alpha value is -14.9. The SMILES string of the molecule is CC(C)(COc1cccc2c1C(N)=NS(=O)(=O)C2)C(=O)NCCO.CCCNC(=O)C(C)(C)COc1cccc2c1C(N)=NS(=O)(=O)C2.CCNC(=O)NC(C)(C)COc1cccc2c1C(N)=NS(=O)(=O)C2.CN(C)C(=O)CNc1cccc2c1C(N)=NS(=O)(=O)C2.CNC(=O)C(C)(C)COc1cccc2c1C(N)=NS(=O)(=O)C2.NC1=NS(=O)(=O)Cc2cccc(NCC(=O)O)c21.NC1=NS(=O)(=O)Cc2cccc(OCC(=O)O)c21. The summed E-state index contributed by atoms with van der Waals surface area (Å²) in [6.45, 7) is 18.9. The zero-order valence-corrected chi connectivity index (χ0v) is 89.7. The third-order valence-electron chi connectivity index (χ3n) is 21.5. The molecule has 51 nitrogen and oxygen atoms in total. The van der Waals surface area contributed by atoms with Gasteiger partial charge in [0.25, 0.3) is 70.2 Å². The van der Waals surface area contributed by atoms with E-state index >= 15 is 0 Å². The fourth-order valence-corrected chi connectivity index (χ4v) is 22.1. The Morgan fingerprint density at radius 2 is 0.613 bits per heavy atom. The Balaban J connectivity index is 0.000000214. The van der Waals surface area contributed by atoms with E-state index in [1.54, 1.807) is 184 Å². The molecule has 0 fully saturated rings. The maximum Gasteiger partial charge on any atom is 0.341 e. The maximum absolute atomic E-state index is 12.2. The minimum atomic E-state index is -3.61. The molecule has 0 aromatic heterocycles. The number of nitrogens with one attached hydrogen (secondary N) is 7. The van der Waals surface area contributed by atoms with Crippen molar-refractivity contribution in [3.8, 4) is 28.7 Å². The van der Waals surface area contributed by atoms with Crippen LogP contribution in [0.4, 0.5) is 16.2 Å². The first kappa shape index (κ1) is 120. The highest BCUT2D eigenvalue weighted by Crippen LogP contribution is 2.37. The number of amides is 6. The number of aliphatic carboxylic acids is 2. The van der Waals surface area contributed by atoms with Crippen molar-refractivity contribution >= 4 is 164 Å². The van der Waals surface area contributed by atoms with E-state index in [2.05, 4.69) is 68.0 Å². The standard InChI is InChI=1S/C16H23N3O4S.C15H22N4O4S.C15H21N3O5S.C14H19N3O4S.C12H16N4O3S.C10H11N3O4S.C10H10N2O5S/c1-4-8-18-15(20)16(2,3)10-23-12-7-5-6-11-9-24(21,22)19-14(17)13(11)12;1-4-17-14(20)18-15(2,3)9-23-11-7-5-6-10-8-24(21,22)19-13(16)12(10)11;1-15(2,14(20)17-6-7-19)9-23-11-5-3-4-10-8-24(21,22)18-13(16)12(10)11;1-14(2,13(18)16-3)8-21-10-6-4-5-9-7-22(19,20)17-12(15)11(9)10;1-16(2)10(17)6-14-9-5-3-4-8-7-20(18,19)15-12(13)11(8)9;11-10-9-6(5-18(16,17)13-10)2-1-3-7(9)12-4-8(14)15;11-10-9-6(5-18(15,16)12-10)2-1-3-7(9)17-4-8(13)14/h5-7H,4,8-10H2,1-3H3,(H2,17,19)(H,18,20);5-7H,4,8-9H2,1-3H3,(H2,16,19)(H2,17,18,20);3-5,19H,6-9H2,1-2H3,(H2,16,18)(H,17,20);4-6H,7-8H2,1-3H3,(H2,15,17)(H,16,18);3-5,14H,6-7H2,1-2H3,(H2,13,15);1-3,12H,4-5H2,(H2,11,13)(H,14,15);1-3H,4-5H2,(H2,11,12)(H,13,14). The predicted molar refractivity (Wildman–Crippen MR) is 562 cm³/mol. The summed E-state index contributed by atoms with van der Waals surface area (Å²) in [4.78, 5) is 81.6. The topological polar surface area (TPSA) is 821 Å². The molecule has 0 unspecified atom stereocenters. The number of benzene rings is 7. The Kier molecular flexibility index (Phi) is 40.1. The quantitative estimate of drug-likeness (QED) is 0.0300. The molecule has 0 aliphatic carbocycles. The number of fused-ring (bicyclic) bond motifs is 7. The van der Waals surface area contributed by atoms with Gasteiger partial charge in [-0.25, -0.2) is 68.5 Å². The first-order valence-corrected chi connectivity index (χ1v) is 56.6. The van der Waals surface area contributed by atoms with E-state index < -0.39 is 110 Å². The highest BCUT2D eigenvalue weighted by atomic mass is 32.2. The molecule has 0 saturated heterocycles. The number of nitrogens with zero attached hydrogens (tertiary/aromatic N) is 8.